The number of hydrogen-bond donors (Lipinski definition) is 0. The quantitative estimate of drug-likeness (QED) is 0.182. The van der Waals surface area contributed by atoms with Gasteiger partial charge in [0.2, 0.25) is 6.67 Å². The van der Waals surface area contributed by atoms with E-state index in [1.54, 1.807) is 0 Å². The first kappa shape index (κ1) is 30.5. The van der Waals surface area contributed by atoms with Gasteiger partial charge in [-0.2, -0.15) is 9.13 Å². The summed E-state index contributed by atoms with van der Waals surface area (Å²) in [5.74, 6) is 1.05. The molecule has 0 aliphatic rings. The molecule has 0 N–H and O–H groups in total. The molecule has 0 saturated carbocycles. The van der Waals surface area contributed by atoms with E-state index in [1.807, 2.05) is 56.9 Å². The number of nitrogens with zero attached hydrogens (tertiary/aromatic N) is 4. The Labute approximate surface area is 257 Å². The Bertz CT molecular complexity index is 922. The van der Waals surface area contributed by atoms with Gasteiger partial charge in [-0.05, 0) is 12.8 Å². The number of hydrogen-bond acceptors (Lipinski definition) is 6. The summed E-state index contributed by atoms with van der Waals surface area (Å²) in [6.07, 6.45) is 7.92. The molecule has 152 valence electrons. The predicted molar refractivity (Wildman–Crippen MR) is 92.5 cm³/mol. The molecule has 0 aromatic carbocycles. The van der Waals surface area contributed by atoms with E-state index in [2.05, 4.69) is 0 Å². The molecule has 0 amide bonds. The van der Waals surface area contributed by atoms with Gasteiger partial charge in [-0.15, -0.1) is 0 Å². The summed E-state index contributed by atoms with van der Waals surface area (Å²) in [6.45, 7) is 5.20. The van der Waals surface area contributed by atoms with Crippen LogP contribution in [0.15, 0.2) is 24.8 Å². The zero-order valence-corrected chi connectivity index (χ0v) is 25.2. The van der Waals surface area contributed by atoms with Crippen LogP contribution in [0.25, 0.3) is 0 Å². The van der Waals surface area contributed by atoms with Crippen molar-refractivity contribution >= 4 is 20.2 Å². The molecule has 0 fully saturated rings. The van der Waals surface area contributed by atoms with Crippen LogP contribution in [0, 0.1) is 13.8 Å². The van der Waals surface area contributed by atoms with Gasteiger partial charge in [0.15, 0.2) is 0 Å². The minimum atomic E-state index is -4.20. The maximum atomic E-state index is 10.7. The van der Waals surface area contributed by atoms with Crippen molar-refractivity contribution in [3.63, 3.8) is 0 Å². The average Bonchev–Trinajstić information content (AvgIpc) is 3.04. The van der Waals surface area contributed by atoms with Crippen LogP contribution in [0.1, 0.15) is 24.5 Å². The van der Waals surface area contributed by atoms with Gasteiger partial charge in [0.1, 0.15) is 24.8 Å². The van der Waals surface area contributed by atoms with Crippen LogP contribution < -0.4 is 112 Å². The molecule has 2 heterocycles. The van der Waals surface area contributed by atoms with Crippen LogP contribution in [-0.4, -0.2) is 46.6 Å². The molecular formula is C15H24K2N4O6S2+2. The number of imidazole rings is 2. The van der Waals surface area contributed by atoms with Gasteiger partial charge < -0.3 is 9.11 Å². The Morgan fingerprint density at radius 1 is 0.793 bits per heavy atom. The van der Waals surface area contributed by atoms with Crippen molar-refractivity contribution in [3.05, 3.63) is 36.4 Å². The molecule has 10 nitrogen and oxygen atoms in total. The SMILES string of the molecule is Cc1n(CCCS(=O)(=O)[O-])cc[n+]1C[n+]1ccn(CCCS(=O)(=O)[O-])c1C.[K+].[K+]. The third-order valence-electron chi connectivity index (χ3n) is 4.41. The molecule has 0 aliphatic carbocycles. The fraction of sp³-hybridized carbons (Fsp3) is 0.600. The summed E-state index contributed by atoms with van der Waals surface area (Å²) in [5, 5.41) is 0. The molecule has 0 atom stereocenters. The van der Waals surface area contributed by atoms with Crippen LogP contribution in [0.5, 0.6) is 0 Å². The molecule has 0 unspecified atom stereocenters. The van der Waals surface area contributed by atoms with Crippen LogP contribution in [-0.2, 0) is 40.0 Å². The number of rotatable bonds is 10. The van der Waals surface area contributed by atoms with Crippen molar-refractivity contribution < 1.29 is 138 Å². The first-order valence-corrected chi connectivity index (χ1v) is 11.6. The second-order valence-electron chi connectivity index (χ2n) is 6.39. The maximum absolute atomic E-state index is 10.7. The van der Waals surface area contributed by atoms with Gasteiger partial charge in [0, 0.05) is 25.4 Å². The smallest absolute Gasteiger partial charge is 0.748 e. The first-order valence-electron chi connectivity index (χ1n) is 8.44. The number of aryl methyl sites for hydroxylation is 2. The molecule has 0 spiro atoms. The van der Waals surface area contributed by atoms with Gasteiger partial charge in [-0.3, -0.25) is 0 Å². The molecule has 2 aromatic heterocycles. The molecule has 0 aliphatic heterocycles. The molecule has 29 heavy (non-hydrogen) atoms. The van der Waals surface area contributed by atoms with E-state index in [4.69, 9.17) is 0 Å². The Balaban J connectivity index is 0.00000392. The van der Waals surface area contributed by atoms with Crippen molar-refractivity contribution in [2.24, 2.45) is 0 Å². The summed E-state index contributed by atoms with van der Waals surface area (Å²) < 4.78 is 71.9. The van der Waals surface area contributed by atoms with Crippen molar-refractivity contribution in [2.75, 3.05) is 11.5 Å². The van der Waals surface area contributed by atoms with Gasteiger partial charge in [0.25, 0.3) is 11.6 Å². The summed E-state index contributed by atoms with van der Waals surface area (Å²) in [7, 11) is -8.41. The third-order valence-corrected chi connectivity index (χ3v) is 5.98. The van der Waals surface area contributed by atoms with E-state index in [1.165, 1.54) is 0 Å². The van der Waals surface area contributed by atoms with Crippen molar-refractivity contribution in [1.29, 1.82) is 0 Å². The maximum Gasteiger partial charge on any atom is 1.00 e. The zero-order valence-electron chi connectivity index (χ0n) is 17.3. The van der Waals surface area contributed by atoms with Gasteiger partial charge >= 0.3 is 103 Å². The summed E-state index contributed by atoms with van der Waals surface area (Å²) in [6, 6.07) is 0. The van der Waals surface area contributed by atoms with E-state index in [-0.39, 0.29) is 127 Å². The topological polar surface area (TPSA) is 132 Å². The van der Waals surface area contributed by atoms with Crippen LogP contribution in [0.4, 0.5) is 0 Å². The van der Waals surface area contributed by atoms with Crippen LogP contribution in [0.3, 0.4) is 0 Å². The van der Waals surface area contributed by atoms with Crippen molar-refractivity contribution in [2.45, 2.75) is 46.4 Å². The Morgan fingerprint density at radius 3 is 1.45 bits per heavy atom. The average molecular weight is 499 g/mol. The summed E-state index contributed by atoms with van der Waals surface area (Å²) in [5.41, 5.74) is 0. The molecule has 14 heteroatoms. The van der Waals surface area contributed by atoms with E-state index in [0.717, 1.165) is 11.6 Å². The fourth-order valence-corrected chi connectivity index (χ4v) is 3.81. The summed E-state index contributed by atoms with van der Waals surface area (Å²) in [4.78, 5) is 0. The zero-order chi connectivity index (χ0) is 20.2. The largest absolute Gasteiger partial charge is 1.00 e. The molecular weight excluding hydrogens is 475 g/mol. The Morgan fingerprint density at radius 2 is 1.14 bits per heavy atom. The predicted octanol–water partition coefficient (Wildman–Crippen LogP) is -7.13. The Kier molecular flexibility index (Phi) is 14.0. The van der Waals surface area contributed by atoms with E-state index in [0.29, 0.717) is 19.8 Å². The number of aromatic nitrogens is 4. The van der Waals surface area contributed by atoms with Crippen LogP contribution in [0.2, 0.25) is 0 Å². The van der Waals surface area contributed by atoms with Gasteiger partial charge in [-0.25, -0.2) is 26.0 Å². The molecule has 0 saturated heterocycles. The van der Waals surface area contributed by atoms with E-state index in [9.17, 15) is 25.9 Å². The second kappa shape index (κ2) is 13.3. The molecule has 2 aromatic rings. The normalized spacial score (nSPS) is 11.7. The first-order chi connectivity index (χ1) is 12.5. The van der Waals surface area contributed by atoms with Gasteiger partial charge in [-0.1, -0.05) is 0 Å². The third kappa shape index (κ3) is 10.8. The van der Waals surface area contributed by atoms with E-state index < -0.39 is 20.2 Å². The van der Waals surface area contributed by atoms with E-state index >= 15 is 0 Å². The standard InChI is InChI=1S/C15H24N4O6S2.2K/c1-14-16(5-3-11-26(20,21)22)7-9-18(14)13-19-10-8-17(15(19)2)6-4-12-27(23,24)25;;/h7-10H,3-6,11-13H2,1-2H3;;/q;2*+1. The molecule has 2 rings (SSSR count). The monoisotopic (exact) mass is 498 g/mol. The van der Waals surface area contributed by atoms with Crippen LogP contribution >= 0.6 is 0 Å². The minimum Gasteiger partial charge on any atom is -0.748 e. The Hall–Kier alpha value is 1.51. The summed E-state index contributed by atoms with van der Waals surface area (Å²) >= 11 is 0. The van der Waals surface area contributed by atoms with Crippen molar-refractivity contribution in [1.82, 2.24) is 9.13 Å². The van der Waals surface area contributed by atoms with Crippen molar-refractivity contribution in [3.8, 4) is 0 Å². The second-order valence-corrected chi connectivity index (χ2v) is 9.44. The molecule has 0 bridgehead atoms. The fourth-order valence-electron chi connectivity index (χ4n) is 2.84. The minimum absolute atomic E-state index is 0. The van der Waals surface area contributed by atoms with Gasteiger partial charge in [0.05, 0.1) is 33.3 Å². The molecule has 0 radical (unpaired) electrons.